The molecule has 2 heterocycles. The monoisotopic (exact) mass is 320 g/mol. The number of carbonyl (C=O) groups excluding carboxylic acids is 1. The Hall–Kier alpha value is -1.86. The second kappa shape index (κ2) is 8.55. The average molecular weight is 320 g/mol. The van der Waals surface area contributed by atoms with Gasteiger partial charge in [0.05, 0.1) is 6.20 Å². The molecule has 2 aromatic rings. The predicted molar refractivity (Wildman–Crippen MR) is 85.6 cm³/mol. The van der Waals surface area contributed by atoms with Gasteiger partial charge in [0.2, 0.25) is 0 Å². The summed E-state index contributed by atoms with van der Waals surface area (Å²) < 4.78 is 0. The molecule has 0 aliphatic rings. The fourth-order valence-electron chi connectivity index (χ4n) is 2.17. The predicted octanol–water partition coefficient (Wildman–Crippen LogP) is 2.13. The van der Waals surface area contributed by atoms with Gasteiger partial charge in [-0.25, -0.2) is 4.98 Å². The van der Waals surface area contributed by atoms with E-state index >= 15 is 0 Å². The third-order valence-corrected chi connectivity index (χ3v) is 4.17. The van der Waals surface area contributed by atoms with E-state index < -0.39 is 0 Å². The summed E-state index contributed by atoms with van der Waals surface area (Å²) in [5.41, 5.74) is 1.06. The molecular weight excluding hydrogens is 300 g/mol. The van der Waals surface area contributed by atoms with Crippen LogP contribution in [0.2, 0.25) is 0 Å². The molecule has 0 aromatic carbocycles. The fraction of sp³-hybridized carbons (Fsp3) is 0.467. The first-order valence-electron chi connectivity index (χ1n) is 7.35. The number of nitrogens with one attached hydrogen (secondary N) is 1. The van der Waals surface area contributed by atoms with Crippen molar-refractivity contribution >= 4 is 17.2 Å². The summed E-state index contributed by atoms with van der Waals surface area (Å²) in [6, 6.07) is 0. The van der Waals surface area contributed by atoms with Crippen molar-refractivity contribution in [3.05, 3.63) is 29.7 Å². The van der Waals surface area contributed by atoms with Gasteiger partial charge in [-0.2, -0.15) is 0 Å². The summed E-state index contributed by atoms with van der Waals surface area (Å²) in [5, 5.41) is 14.3. The molecule has 7 heteroatoms. The number of carbonyl (C=O) groups is 1. The highest BCUT2D eigenvalue weighted by atomic mass is 32.1. The van der Waals surface area contributed by atoms with Gasteiger partial charge < -0.3 is 10.4 Å². The first-order valence-corrected chi connectivity index (χ1v) is 8.23. The van der Waals surface area contributed by atoms with E-state index in [0.29, 0.717) is 35.3 Å². The lowest BCUT2D eigenvalue weighted by Gasteiger charge is -2.15. The SMILES string of the molecule is CCCC(CCO)CNC(=O)c1csc(-c2cnccn2)n1. The molecule has 0 aliphatic heterocycles. The third kappa shape index (κ3) is 4.57. The largest absolute Gasteiger partial charge is 0.396 e. The Labute approximate surface area is 133 Å². The Balaban J connectivity index is 1.94. The summed E-state index contributed by atoms with van der Waals surface area (Å²) in [7, 11) is 0. The normalized spacial score (nSPS) is 12.1. The van der Waals surface area contributed by atoms with Crippen LogP contribution in [0, 0.1) is 5.92 Å². The van der Waals surface area contributed by atoms with Gasteiger partial charge in [-0.3, -0.25) is 14.8 Å². The lowest BCUT2D eigenvalue weighted by Crippen LogP contribution is -2.30. The van der Waals surface area contributed by atoms with E-state index in [1.54, 1.807) is 24.0 Å². The van der Waals surface area contributed by atoms with Gasteiger partial charge in [-0.15, -0.1) is 11.3 Å². The van der Waals surface area contributed by atoms with Crippen LogP contribution in [0.1, 0.15) is 36.7 Å². The lowest BCUT2D eigenvalue weighted by atomic mass is 10.0. The van der Waals surface area contributed by atoms with E-state index in [9.17, 15) is 4.79 Å². The van der Waals surface area contributed by atoms with E-state index in [-0.39, 0.29) is 12.5 Å². The molecule has 1 atom stereocenters. The van der Waals surface area contributed by atoms with Crippen LogP contribution < -0.4 is 5.32 Å². The number of nitrogens with zero attached hydrogens (tertiary/aromatic N) is 3. The van der Waals surface area contributed by atoms with Gasteiger partial charge in [-0.1, -0.05) is 13.3 Å². The Morgan fingerprint density at radius 2 is 2.27 bits per heavy atom. The van der Waals surface area contributed by atoms with Crippen molar-refractivity contribution in [3.63, 3.8) is 0 Å². The van der Waals surface area contributed by atoms with Gasteiger partial charge in [0, 0.05) is 30.9 Å². The van der Waals surface area contributed by atoms with Crippen molar-refractivity contribution in [3.8, 4) is 10.7 Å². The minimum atomic E-state index is -0.189. The van der Waals surface area contributed by atoms with Crippen molar-refractivity contribution in [2.24, 2.45) is 5.92 Å². The lowest BCUT2D eigenvalue weighted by molar-refractivity contribution is 0.0938. The molecule has 22 heavy (non-hydrogen) atoms. The highest BCUT2D eigenvalue weighted by Crippen LogP contribution is 2.20. The zero-order valence-electron chi connectivity index (χ0n) is 12.5. The quantitative estimate of drug-likeness (QED) is 0.778. The van der Waals surface area contributed by atoms with Crippen LogP contribution in [-0.2, 0) is 0 Å². The molecule has 0 aliphatic carbocycles. The van der Waals surface area contributed by atoms with E-state index in [1.165, 1.54) is 11.3 Å². The van der Waals surface area contributed by atoms with E-state index in [4.69, 9.17) is 5.11 Å². The van der Waals surface area contributed by atoms with Crippen LogP contribution >= 0.6 is 11.3 Å². The van der Waals surface area contributed by atoms with E-state index in [0.717, 1.165) is 12.8 Å². The molecule has 1 amide bonds. The standard InChI is InChI=1S/C15H20N4O2S/c1-2-3-11(4-7-20)8-18-14(21)13-10-22-15(19-13)12-9-16-5-6-17-12/h5-6,9-11,20H,2-4,7-8H2,1H3,(H,18,21). The molecule has 0 saturated carbocycles. The van der Waals surface area contributed by atoms with Crippen molar-refractivity contribution in [2.75, 3.05) is 13.2 Å². The number of aromatic nitrogens is 3. The molecule has 2 rings (SSSR count). The summed E-state index contributed by atoms with van der Waals surface area (Å²) in [6.07, 6.45) is 7.55. The Morgan fingerprint density at radius 1 is 1.41 bits per heavy atom. The molecule has 2 aromatic heterocycles. The summed E-state index contributed by atoms with van der Waals surface area (Å²) in [5.74, 6) is 0.113. The van der Waals surface area contributed by atoms with Gasteiger partial charge in [0.25, 0.3) is 5.91 Å². The molecule has 0 saturated heterocycles. The van der Waals surface area contributed by atoms with E-state index in [2.05, 4.69) is 27.2 Å². The number of thiazole rings is 1. The van der Waals surface area contributed by atoms with Crippen LogP contribution in [-0.4, -0.2) is 39.1 Å². The molecular formula is C15H20N4O2S. The van der Waals surface area contributed by atoms with Crippen LogP contribution in [0.5, 0.6) is 0 Å². The van der Waals surface area contributed by atoms with Crippen LogP contribution in [0.15, 0.2) is 24.0 Å². The zero-order valence-corrected chi connectivity index (χ0v) is 13.3. The zero-order chi connectivity index (χ0) is 15.8. The number of aliphatic hydroxyl groups excluding tert-OH is 1. The topological polar surface area (TPSA) is 88.0 Å². The minimum Gasteiger partial charge on any atom is -0.396 e. The molecule has 6 nitrogen and oxygen atoms in total. The number of hydrogen-bond donors (Lipinski definition) is 2. The number of hydrogen-bond acceptors (Lipinski definition) is 6. The van der Waals surface area contributed by atoms with Gasteiger partial charge in [-0.05, 0) is 18.8 Å². The first kappa shape index (κ1) is 16.5. The fourth-order valence-corrected chi connectivity index (χ4v) is 2.93. The number of aliphatic hydroxyl groups is 1. The molecule has 0 spiro atoms. The van der Waals surface area contributed by atoms with Crippen molar-refractivity contribution in [1.82, 2.24) is 20.3 Å². The van der Waals surface area contributed by atoms with E-state index in [1.807, 2.05) is 0 Å². The number of rotatable bonds is 8. The van der Waals surface area contributed by atoms with Crippen molar-refractivity contribution in [2.45, 2.75) is 26.2 Å². The average Bonchev–Trinajstić information content (AvgIpc) is 3.04. The molecule has 2 N–H and O–H groups in total. The molecule has 0 radical (unpaired) electrons. The number of amides is 1. The van der Waals surface area contributed by atoms with Gasteiger partial charge in [0.15, 0.2) is 0 Å². The van der Waals surface area contributed by atoms with Crippen molar-refractivity contribution < 1.29 is 9.90 Å². The molecule has 0 bridgehead atoms. The summed E-state index contributed by atoms with van der Waals surface area (Å²) in [6.45, 7) is 2.80. The first-order chi connectivity index (χ1) is 10.7. The maximum absolute atomic E-state index is 12.1. The van der Waals surface area contributed by atoms with Crippen molar-refractivity contribution in [1.29, 1.82) is 0 Å². The molecule has 1 unspecified atom stereocenters. The summed E-state index contributed by atoms with van der Waals surface area (Å²) >= 11 is 1.37. The Kier molecular flexibility index (Phi) is 6.42. The second-order valence-electron chi connectivity index (χ2n) is 5.01. The maximum Gasteiger partial charge on any atom is 0.270 e. The second-order valence-corrected chi connectivity index (χ2v) is 5.86. The minimum absolute atomic E-state index is 0.147. The molecule has 0 fully saturated rings. The van der Waals surface area contributed by atoms with Gasteiger partial charge >= 0.3 is 0 Å². The Morgan fingerprint density at radius 3 is 2.95 bits per heavy atom. The van der Waals surface area contributed by atoms with Crippen LogP contribution in [0.25, 0.3) is 10.7 Å². The smallest absolute Gasteiger partial charge is 0.270 e. The summed E-state index contributed by atoms with van der Waals surface area (Å²) in [4.78, 5) is 24.6. The molecule has 118 valence electrons. The maximum atomic E-state index is 12.1. The Bertz CT molecular complexity index is 582. The van der Waals surface area contributed by atoms with Crippen LogP contribution in [0.3, 0.4) is 0 Å². The highest BCUT2D eigenvalue weighted by Gasteiger charge is 2.14. The van der Waals surface area contributed by atoms with Gasteiger partial charge in [0.1, 0.15) is 16.4 Å². The highest BCUT2D eigenvalue weighted by molar-refractivity contribution is 7.13. The third-order valence-electron chi connectivity index (χ3n) is 3.30. The van der Waals surface area contributed by atoms with Crippen LogP contribution in [0.4, 0.5) is 0 Å².